The first-order chi connectivity index (χ1) is 8.13. The predicted molar refractivity (Wildman–Crippen MR) is 70.2 cm³/mol. The normalized spacial score (nSPS) is 10.2. The Labute approximate surface area is 102 Å². The summed E-state index contributed by atoms with van der Waals surface area (Å²) in [6.07, 6.45) is 3.25. The molecule has 0 aromatic heterocycles. The molecule has 94 valence electrons. The minimum atomic E-state index is -0.807. The highest BCUT2D eigenvalue weighted by molar-refractivity contribution is 5.74. The van der Waals surface area contributed by atoms with Crippen LogP contribution >= 0.6 is 0 Å². The highest BCUT2D eigenvalue weighted by Gasteiger charge is 2.09. The summed E-state index contributed by atoms with van der Waals surface area (Å²) in [4.78, 5) is 12.7. The maximum atomic E-state index is 10.8. The number of carbonyl (C=O) groups is 1. The number of carboxylic acid groups (broad SMARTS) is 1. The number of unbranched alkanes of at least 4 members (excludes halogenated alkanes) is 2. The van der Waals surface area contributed by atoms with Crippen molar-refractivity contribution in [2.45, 2.75) is 26.2 Å². The van der Waals surface area contributed by atoms with Gasteiger partial charge >= 0.3 is 5.97 Å². The Morgan fingerprint density at radius 1 is 1.29 bits per heavy atom. The van der Waals surface area contributed by atoms with Crippen LogP contribution in [0.3, 0.4) is 0 Å². The van der Waals surface area contributed by atoms with Crippen molar-refractivity contribution in [3.63, 3.8) is 0 Å². The van der Waals surface area contributed by atoms with Crippen LogP contribution in [0.4, 0.5) is 11.4 Å². The Kier molecular flexibility index (Phi) is 5.33. The van der Waals surface area contributed by atoms with Gasteiger partial charge in [-0.25, -0.2) is 0 Å². The fraction of sp³-hybridized carbons (Fsp3) is 0.462. The third-order valence-electron chi connectivity index (χ3n) is 2.62. The zero-order chi connectivity index (χ0) is 12.7. The zero-order valence-corrected chi connectivity index (χ0v) is 10.2. The Hall–Kier alpha value is -1.71. The Balaban J connectivity index is 2.67. The van der Waals surface area contributed by atoms with E-state index in [-0.39, 0.29) is 6.54 Å². The van der Waals surface area contributed by atoms with Crippen molar-refractivity contribution in [3.8, 4) is 0 Å². The number of rotatable bonds is 7. The molecule has 0 heterocycles. The second kappa shape index (κ2) is 6.78. The summed E-state index contributed by atoms with van der Waals surface area (Å²) in [6.45, 7) is 2.93. The first-order valence-corrected chi connectivity index (χ1v) is 5.95. The molecule has 1 rings (SSSR count). The number of nitrogens with zero attached hydrogens (tertiary/aromatic N) is 1. The first kappa shape index (κ1) is 13.4. The summed E-state index contributed by atoms with van der Waals surface area (Å²) in [5.74, 6) is -0.807. The Bertz CT molecular complexity index is 349. The molecule has 0 saturated carbocycles. The summed E-state index contributed by atoms with van der Waals surface area (Å²) < 4.78 is 0. The van der Waals surface area contributed by atoms with Crippen LogP contribution in [0.2, 0.25) is 0 Å². The molecule has 17 heavy (non-hydrogen) atoms. The van der Waals surface area contributed by atoms with Crippen molar-refractivity contribution < 1.29 is 9.90 Å². The van der Waals surface area contributed by atoms with Gasteiger partial charge in [-0.15, -0.1) is 0 Å². The van der Waals surface area contributed by atoms with Crippen LogP contribution in [0.15, 0.2) is 24.3 Å². The summed E-state index contributed by atoms with van der Waals surface area (Å²) in [6, 6.07) is 7.32. The molecule has 0 aliphatic carbocycles. The molecule has 0 spiro atoms. The molecule has 1 aromatic carbocycles. The van der Waals surface area contributed by atoms with Crippen LogP contribution in [0, 0.1) is 0 Å². The number of nitrogens with two attached hydrogens (primary N) is 1. The van der Waals surface area contributed by atoms with Gasteiger partial charge in [-0.1, -0.05) is 19.8 Å². The number of carboxylic acids is 1. The smallest absolute Gasteiger partial charge is 0.323 e. The first-order valence-electron chi connectivity index (χ1n) is 5.95. The summed E-state index contributed by atoms with van der Waals surface area (Å²) in [5, 5.41) is 8.89. The number of nitrogen functional groups attached to an aromatic ring is 1. The lowest BCUT2D eigenvalue weighted by molar-refractivity contribution is -0.135. The third-order valence-corrected chi connectivity index (χ3v) is 2.62. The number of hydrogen-bond acceptors (Lipinski definition) is 3. The lowest BCUT2D eigenvalue weighted by Crippen LogP contribution is -2.30. The van der Waals surface area contributed by atoms with Gasteiger partial charge in [-0.2, -0.15) is 0 Å². The molecule has 3 N–H and O–H groups in total. The quantitative estimate of drug-likeness (QED) is 0.563. The van der Waals surface area contributed by atoms with Crippen LogP contribution in [0.1, 0.15) is 26.2 Å². The standard InChI is InChI=1S/C13H20N2O2/c1-2-3-4-9-15(10-13(16)17)12-7-5-11(14)6-8-12/h5-8H,2-4,9-10,14H2,1H3,(H,16,17). The molecular formula is C13H20N2O2. The second-order valence-electron chi connectivity index (χ2n) is 4.11. The molecule has 0 unspecified atom stereocenters. The van der Waals surface area contributed by atoms with Gasteiger partial charge in [0.2, 0.25) is 0 Å². The zero-order valence-electron chi connectivity index (χ0n) is 10.2. The van der Waals surface area contributed by atoms with Crippen LogP contribution in [-0.4, -0.2) is 24.2 Å². The molecule has 0 aliphatic heterocycles. The highest BCUT2D eigenvalue weighted by atomic mass is 16.4. The van der Waals surface area contributed by atoms with Gasteiger partial charge in [0.15, 0.2) is 0 Å². The van der Waals surface area contributed by atoms with E-state index in [4.69, 9.17) is 10.8 Å². The molecule has 1 aromatic rings. The van der Waals surface area contributed by atoms with Crippen molar-refractivity contribution in [2.24, 2.45) is 0 Å². The average molecular weight is 236 g/mol. The van der Waals surface area contributed by atoms with Crippen molar-refractivity contribution in [2.75, 3.05) is 23.7 Å². The van der Waals surface area contributed by atoms with E-state index < -0.39 is 5.97 Å². The third kappa shape index (κ3) is 4.76. The van der Waals surface area contributed by atoms with Gasteiger partial charge in [-0.05, 0) is 30.7 Å². The van der Waals surface area contributed by atoms with E-state index >= 15 is 0 Å². The van der Waals surface area contributed by atoms with Gasteiger partial charge in [0, 0.05) is 17.9 Å². The van der Waals surface area contributed by atoms with Crippen LogP contribution < -0.4 is 10.6 Å². The maximum absolute atomic E-state index is 10.8. The fourth-order valence-corrected chi connectivity index (χ4v) is 1.70. The second-order valence-corrected chi connectivity index (χ2v) is 4.11. The van der Waals surface area contributed by atoms with Crippen LogP contribution in [-0.2, 0) is 4.79 Å². The number of anilines is 2. The lowest BCUT2D eigenvalue weighted by atomic mass is 10.2. The van der Waals surface area contributed by atoms with Gasteiger partial charge in [0.25, 0.3) is 0 Å². The minimum Gasteiger partial charge on any atom is -0.480 e. The van der Waals surface area contributed by atoms with E-state index in [1.54, 1.807) is 12.1 Å². The van der Waals surface area contributed by atoms with Gasteiger partial charge in [0.05, 0.1) is 0 Å². The average Bonchev–Trinajstić information content (AvgIpc) is 2.28. The summed E-state index contributed by atoms with van der Waals surface area (Å²) in [5.41, 5.74) is 7.22. The van der Waals surface area contributed by atoms with Crippen molar-refractivity contribution in [3.05, 3.63) is 24.3 Å². The van der Waals surface area contributed by atoms with Gasteiger partial charge in [0.1, 0.15) is 6.54 Å². The van der Waals surface area contributed by atoms with Gasteiger partial charge in [-0.3, -0.25) is 4.79 Å². The summed E-state index contributed by atoms with van der Waals surface area (Å²) in [7, 11) is 0. The highest BCUT2D eigenvalue weighted by Crippen LogP contribution is 2.17. The maximum Gasteiger partial charge on any atom is 0.323 e. The molecule has 0 aliphatic rings. The van der Waals surface area contributed by atoms with E-state index in [9.17, 15) is 4.79 Å². The minimum absolute atomic E-state index is 0.0353. The van der Waals surface area contributed by atoms with Crippen LogP contribution in [0.25, 0.3) is 0 Å². The monoisotopic (exact) mass is 236 g/mol. The Morgan fingerprint density at radius 2 is 1.94 bits per heavy atom. The molecule has 0 atom stereocenters. The lowest BCUT2D eigenvalue weighted by Gasteiger charge is -2.22. The fourth-order valence-electron chi connectivity index (χ4n) is 1.70. The van der Waals surface area contributed by atoms with Crippen molar-refractivity contribution in [1.82, 2.24) is 0 Å². The van der Waals surface area contributed by atoms with E-state index in [1.807, 2.05) is 17.0 Å². The van der Waals surface area contributed by atoms with Crippen molar-refractivity contribution in [1.29, 1.82) is 0 Å². The molecule has 0 fully saturated rings. The Morgan fingerprint density at radius 3 is 2.47 bits per heavy atom. The predicted octanol–water partition coefficient (Wildman–Crippen LogP) is 2.35. The molecule has 0 saturated heterocycles. The molecule has 0 bridgehead atoms. The number of benzene rings is 1. The molecule has 4 heteroatoms. The van der Waals surface area contributed by atoms with Gasteiger partial charge < -0.3 is 15.7 Å². The topological polar surface area (TPSA) is 66.6 Å². The van der Waals surface area contributed by atoms with E-state index in [1.165, 1.54) is 0 Å². The number of aliphatic carboxylic acids is 1. The van der Waals surface area contributed by atoms with E-state index in [2.05, 4.69) is 6.92 Å². The summed E-state index contributed by atoms with van der Waals surface area (Å²) >= 11 is 0. The largest absolute Gasteiger partial charge is 0.480 e. The van der Waals surface area contributed by atoms with Crippen molar-refractivity contribution >= 4 is 17.3 Å². The molecule has 4 nitrogen and oxygen atoms in total. The molecule has 0 amide bonds. The molecular weight excluding hydrogens is 216 g/mol. The molecule has 0 radical (unpaired) electrons. The van der Waals surface area contributed by atoms with E-state index in [0.717, 1.165) is 31.5 Å². The van der Waals surface area contributed by atoms with Crippen LogP contribution in [0.5, 0.6) is 0 Å². The SMILES string of the molecule is CCCCCN(CC(=O)O)c1ccc(N)cc1. The van der Waals surface area contributed by atoms with E-state index in [0.29, 0.717) is 5.69 Å². The number of hydrogen-bond donors (Lipinski definition) is 2.